The molecule has 1 heterocycles. The predicted octanol–water partition coefficient (Wildman–Crippen LogP) is 4.75. The second-order valence-electron chi connectivity index (χ2n) is 8.18. The summed E-state index contributed by atoms with van der Waals surface area (Å²) in [6.45, 7) is 1.94. The Kier molecular flexibility index (Phi) is 6.72. The lowest BCUT2D eigenvalue weighted by Crippen LogP contribution is -2.32. The summed E-state index contributed by atoms with van der Waals surface area (Å²) < 4.78 is 16.0. The number of amides is 2. The summed E-state index contributed by atoms with van der Waals surface area (Å²) in [6, 6.07) is 19.8. The highest BCUT2D eigenvalue weighted by Crippen LogP contribution is 2.43. The maximum atomic E-state index is 13.5. The fraction of sp³-hybridized carbons (Fsp3) is 0.259. The molecule has 1 aliphatic heterocycles. The summed E-state index contributed by atoms with van der Waals surface area (Å²) >= 11 is 0. The minimum absolute atomic E-state index is 0.0860. The van der Waals surface area contributed by atoms with E-state index in [1.807, 2.05) is 61.5 Å². The Bertz CT molecular complexity index is 1170. The second kappa shape index (κ2) is 9.87. The largest absolute Gasteiger partial charge is 0.497 e. The van der Waals surface area contributed by atoms with Gasteiger partial charge in [0.05, 0.1) is 39.0 Å². The van der Waals surface area contributed by atoms with Crippen molar-refractivity contribution in [1.29, 1.82) is 0 Å². The van der Waals surface area contributed by atoms with Crippen LogP contribution in [0, 0.1) is 12.8 Å². The van der Waals surface area contributed by atoms with Gasteiger partial charge in [-0.25, -0.2) is 0 Å². The van der Waals surface area contributed by atoms with Crippen molar-refractivity contribution in [2.45, 2.75) is 19.4 Å². The van der Waals surface area contributed by atoms with Crippen LogP contribution >= 0.6 is 0 Å². The Balaban J connectivity index is 1.72. The highest BCUT2D eigenvalue weighted by molar-refractivity contribution is 6.05. The van der Waals surface area contributed by atoms with Gasteiger partial charge < -0.3 is 24.4 Å². The van der Waals surface area contributed by atoms with Gasteiger partial charge in [-0.05, 0) is 66.6 Å². The van der Waals surface area contributed by atoms with Crippen LogP contribution < -0.4 is 24.4 Å². The Morgan fingerprint density at radius 1 is 0.882 bits per heavy atom. The third-order valence-electron chi connectivity index (χ3n) is 6.08. The van der Waals surface area contributed by atoms with Crippen molar-refractivity contribution in [3.63, 3.8) is 0 Å². The van der Waals surface area contributed by atoms with Gasteiger partial charge in [0.15, 0.2) is 0 Å². The van der Waals surface area contributed by atoms with E-state index < -0.39 is 12.0 Å². The summed E-state index contributed by atoms with van der Waals surface area (Å²) in [5.74, 6) is 0.993. The third-order valence-corrected chi connectivity index (χ3v) is 6.08. The van der Waals surface area contributed by atoms with Crippen LogP contribution in [0.1, 0.15) is 23.6 Å². The molecule has 2 atom stereocenters. The van der Waals surface area contributed by atoms with E-state index in [1.54, 1.807) is 38.4 Å². The number of ether oxygens (including phenoxy) is 3. The molecule has 0 spiro atoms. The number of nitrogens with zero attached hydrogens (tertiary/aromatic N) is 1. The van der Waals surface area contributed by atoms with E-state index in [0.29, 0.717) is 28.6 Å². The summed E-state index contributed by atoms with van der Waals surface area (Å²) in [5.41, 5.74) is 3.12. The molecular formula is C27H28N2O5. The van der Waals surface area contributed by atoms with Gasteiger partial charge in [0.2, 0.25) is 11.8 Å². The average Bonchev–Trinajstić information content (AvgIpc) is 3.21. The first-order chi connectivity index (χ1) is 16.4. The highest BCUT2D eigenvalue weighted by atomic mass is 16.5. The molecule has 2 amide bonds. The first-order valence-corrected chi connectivity index (χ1v) is 11.0. The van der Waals surface area contributed by atoms with Crippen molar-refractivity contribution in [3.8, 4) is 17.2 Å². The molecular weight excluding hydrogens is 432 g/mol. The van der Waals surface area contributed by atoms with E-state index in [2.05, 4.69) is 5.32 Å². The number of carbonyl (C=O) groups excluding carboxylic acids is 2. The fourth-order valence-corrected chi connectivity index (χ4v) is 4.34. The van der Waals surface area contributed by atoms with Gasteiger partial charge in [-0.1, -0.05) is 18.2 Å². The monoisotopic (exact) mass is 460 g/mol. The predicted molar refractivity (Wildman–Crippen MR) is 131 cm³/mol. The standard InChI is InChI=1S/C27H28N2O5/c1-17-5-14-24(34-4)23(15-17)28-27(31)22-16-25(30)29(19-8-12-21(33-3)13-9-19)26(22)18-6-10-20(32-2)11-7-18/h5-15,22,26H,16H2,1-4H3,(H,28,31)/t22-,26-/m0/s1. The lowest BCUT2D eigenvalue weighted by Gasteiger charge is -2.29. The van der Waals surface area contributed by atoms with Crippen molar-refractivity contribution in [1.82, 2.24) is 0 Å². The minimum Gasteiger partial charge on any atom is -0.497 e. The zero-order chi connectivity index (χ0) is 24.2. The molecule has 7 heteroatoms. The van der Waals surface area contributed by atoms with E-state index >= 15 is 0 Å². The molecule has 1 aliphatic rings. The lowest BCUT2D eigenvalue weighted by atomic mass is 9.92. The number of nitrogens with one attached hydrogen (secondary N) is 1. The summed E-state index contributed by atoms with van der Waals surface area (Å²) in [4.78, 5) is 28.5. The van der Waals surface area contributed by atoms with E-state index in [9.17, 15) is 9.59 Å². The Morgan fingerprint density at radius 3 is 2.09 bits per heavy atom. The molecule has 1 N–H and O–H groups in total. The Hall–Kier alpha value is -4.00. The molecule has 3 aromatic carbocycles. The van der Waals surface area contributed by atoms with Crippen LogP contribution in [0.5, 0.6) is 17.2 Å². The van der Waals surface area contributed by atoms with Crippen LogP contribution in [-0.4, -0.2) is 33.1 Å². The molecule has 34 heavy (non-hydrogen) atoms. The van der Waals surface area contributed by atoms with Gasteiger partial charge in [0.25, 0.3) is 0 Å². The average molecular weight is 461 g/mol. The molecule has 0 aromatic heterocycles. The van der Waals surface area contributed by atoms with E-state index in [4.69, 9.17) is 14.2 Å². The number of anilines is 2. The van der Waals surface area contributed by atoms with Gasteiger partial charge in [0, 0.05) is 12.1 Å². The first-order valence-electron chi connectivity index (χ1n) is 11.0. The summed E-state index contributed by atoms with van der Waals surface area (Å²) in [7, 11) is 4.75. The van der Waals surface area contributed by atoms with Crippen molar-refractivity contribution in [2.24, 2.45) is 5.92 Å². The zero-order valence-corrected chi connectivity index (χ0v) is 19.7. The number of rotatable bonds is 7. The zero-order valence-electron chi connectivity index (χ0n) is 19.7. The molecule has 4 rings (SSSR count). The quantitative estimate of drug-likeness (QED) is 0.550. The molecule has 0 unspecified atom stereocenters. The van der Waals surface area contributed by atoms with E-state index in [-0.39, 0.29) is 18.2 Å². The van der Waals surface area contributed by atoms with Crippen LogP contribution in [0.4, 0.5) is 11.4 Å². The maximum absolute atomic E-state index is 13.5. The fourth-order valence-electron chi connectivity index (χ4n) is 4.34. The second-order valence-corrected chi connectivity index (χ2v) is 8.18. The highest BCUT2D eigenvalue weighted by Gasteiger charge is 2.45. The molecule has 3 aromatic rings. The molecule has 0 saturated carbocycles. The number of carbonyl (C=O) groups is 2. The normalized spacial score (nSPS) is 17.4. The SMILES string of the molecule is COc1ccc([C@H]2[C@@H](C(=O)Nc3cc(C)ccc3OC)CC(=O)N2c2ccc(OC)cc2)cc1. The summed E-state index contributed by atoms with van der Waals surface area (Å²) in [5, 5.41) is 2.99. The number of benzene rings is 3. The van der Waals surface area contributed by atoms with E-state index in [0.717, 1.165) is 11.1 Å². The maximum Gasteiger partial charge on any atom is 0.230 e. The molecule has 1 saturated heterocycles. The smallest absolute Gasteiger partial charge is 0.230 e. The van der Waals surface area contributed by atoms with Gasteiger partial charge in [-0.2, -0.15) is 0 Å². The molecule has 1 fully saturated rings. The van der Waals surface area contributed by atoms with Gasteiger partial charge in [-0.15, -0.1) is 0 Å². The number of hydrogen-bond donors (Lipinski definition) is 1. The molecule has 7 nitrogen and oxygen atoms in total. The number of aryl methyl sites for hydroxylation is 1. The van der Waals surface area contributed by atoms with Crippen LogP contribution in [0.15, 0.2) is 66.7 Å². The number of hydrogen-bond acceptors (Lipinski definition) is 5. The van der Waals surface area contributed by atoms with Crippen molar-refractivity contribution >= 4 is 23.2 Å². The van der Waals surface area contributed by atoms with Crippen molar-refractivity contribution in [3.05, 3.63) is 77.9 Å². The Labute approximate surface area is 199 Å². The van der Waals surface area contributed by atoms with Crippen molar-refractivity contribution in [2.75, 3.05) is 31.5 Å². The van der Waals surface area contributed by atoms with Crippen molar-refractivity contribution < 1.29 is 23.8 Å². The van der Waals surface area contributed by atoms with Crippen LogP contribution in [0.3, 0.4) is 0 Å². The summed E-state index contributed by atoms with van der Waals surface area (Å²) in [6.07, 6.45) is 0.0860. The molecule has 0 bridgehead atoms. The first kappa shape index (κ1) is 23.2. The van der Waals surface area contributed by atoms with Gasteiger partial charge in [0.1, 0.15) is 17.2 Å². The molecule has 0 radical (unpaired) electrons. The van der Waals surface area contributed by atoms with Gasteiger partial charge in [-0.3, -0.25) is 9.59 Å². The van der Waals surface area contributed by atoms with Gasteiger partial charge >= 0.3 is 0 Å². The van der Waals surface area contributed by atoms with Crippen LogP contribution in [0.25, 0.3) is 0 Å². The minimum atomic E-state index is -0.604. The third kappa shape index (κ3) is 4.55. The number of methoxy groups -OCH3 is 3. The molecule has 176 valence electrons. The lowest BCUT2D eigenvalue weighted by molar-refractivity contribution is -0.122. The van der Waals surface area contributed by atoms with E-state index in [1.165, 1.54) is 0 Å². The van der Waals surface area contributed by atoms with Crippen LogP contribution in [-0.2, 0) is 9.59 Å². The topological polar surface area (TPSA) is 77.1 Å². The molecule has 0 aliphatic carbocycles. The van der Waals surface area contributed by atoms with Crippen LogP contribution in [0.2, 0.25) is 0 Å². The Morgan fingerprint density at radius 2 is 1.50 bits per heavy atom.